The molecule has 2 aromatic rings. The summed E-state index contributed by atoms with van der Waals surface area (Å²) >= 11 is 0. The van der Waals surface area contributed by atoms with Crippen LogP contribution < -0.4 is 4.74 Å². The molecule has 0 N–H and O–H groups in total. The van der Waals surface area contributed by atoms with E-state index in [0.717, 1.165) is 29.8 Å². The summed E-state index contributed by atoms with van der Waals surface area (Å²) in [5.41, 5.74) is 2.05. The Morgan fingerprint density at radius 3 is 2.00 bits per heavy atom. The maximum Gasteiger partial charge on any atom is 0.269 e. The highest BCUT2D eigenvalue weighted by atomic mass is 16.6. The van der Waals surface area contributed by atoms with E-state index >= 15 is 0 Å². The second kappa shape index (κ2) is 15.2. The summed E-state index contributed by atoms with van der Waals surface area (Å²) in [7, 11) is 0. The standard InChI is InChI=1S/C26H36N2O3/c1-2-3-4-5-6-7-8-9-10-11-20-27-21-23-14-18-26(19-15-23)31-22-24-12-16-25(17-13-24)28(29)30/h12-19,21H,2-11,20,22H2,1H3/b27-21+. The fourth-order valence-electron chi connectivity index (χ4n) is 3.39. The van der Waals surface area contributed by atoms with Crippen molar-refractivity contribution < 1.29 is 9.66 Å². The van der Waals surface area contributed by atoms with Crippen molar-refractivity contribution in [2.45, 2.75) is 77.7 Å². The van der Waals surface area contributed by atoms with E-state index in [1.165, 1.54) is 69.9 Å². The van der Waals surface area contributed by atoms with Crippen molar-refractivity contribution in [3.63, 3.8) is 0 Å². The van der Waals surface area contributed by atoms with Crippen LogP contribution in [0.25, 0.3) is 0 Å². The molecule has 0 aliphatic rings. The lowest BCUT2D eigenvalue weighted by Crippen LogP contribution is -1.96. The van der Waals surface area contributed by atoms with E-state index in [1.54, 1.807) is 12.1 Å². The van der Waals surface area contributed by atoms with Gasteiger partial charge in [0.15, 0.2) is 0 Å². The Bertz CT molecular complexity index is 770. The second-order valence-electron chi connectivity index (χ2n) is 8.00. The molecule has 2 rings (SSSR count). The quantitative estimate of drug-likeness (QED) is 0.121. The molecule has 0 amide bonds. The normalized spacial score (nSPS) is 11.1. The van der Waals surface area contributed by atoms with Gasteiger partial charge in [-0.1, -0.05) is 64.7 Å². The van der Waals surface area contributed by atoms with Gasteiger partial charge in [-0.2, -0.15) is 0 Å². The van der Waals surface area contributed by atoms with Crippen LogP contribution in [0.2, 0.25) is 0 Å². The first-order chi connectivity index (χ1) is 15.2. The van der Waals surface area contributed by atoms with Gasteiger partial charge in [-0.25, -0.2) is 0 Å². The molecule has 31 heavy (non-hydrogen) atoms. The SMILES string of the molecule is CCCCCCCCCCCC/N=C/c1ccc(OCc2ccc([N+](=O)[O-])cc2)cc1. The average molecular weight is 425 g/mol. The molecule has 0 bridgehead atoms. The minimum absolute atomic E-state index is 0.0881. The van der Waals surface area contributed by atoms with E-state index in [4.69, 9.17) is 4.74 Å². The molecule has 0 unspecified atom stereocenters. The molecular formula is C26H36N2O3. The Labute approximate surface area is 186 Å². The summed E-state index contributed by atoms with van der Waals surface area (Å²) in [4.78, 5) is 14.8. The van der Waals surface area contributed by atoms with Gasteiger partial charge in [-0.3, -0.25) is 15.1 Å². The van der Waals surface area contributed by atoms with Crippen molar-refractivity contribution in [3.8, 4) is 5.75 Å². The van der Waals surface area contributed by atoms with Gasteiger partial charge in [0.25, 0.3) is 5.69 Å². The molecule has 5 heteroatoms. The Morgan fingerprint density at radius 2 is 1.42 bits per heavy atom. The minimum Gasteiger partial charge on any atom is -0.489 e. The zero-order chi connectivity index (χ0) is 22.2. The summed E-state index contributed by atoms with van der Waals surface area (Å²) in [6, 6.07) is 14.3. The molecule has 5 nitrogen and oxygen atoms in total. The fraction of sp³-hybridized carbons (Fsp3) is 0.500. The van der Waals surface area contributed by atoms with Gasteiger partial charge in [0.2, 0.25) is 0 Å². The van der Waals surface area contributed by atoms with Crippen LogP contribution in [0.1, 0.15) is 82.3 Å². The molecule has 2 aromatic carbocycles. The van der Waals surface area contributed by atoms with Crippen LogP contribution in [0.15, 0.2) is 53.5 Å². The predicted octanol–water partition coefficient (Wildman–Crippen LogP) is 7.51. The van der Waals surface area contributed by atoms with Crippen LogP contribution in [0.5, 0.6) is 5.75 Å². The van der Waals surface area contributed by atoms with Crippen molar-refractivity contribution in [1.29, 1.82) is 0 Å². The van der Waals surface area contributed by atoms with Gasteiger partial charge in [0, 0.05) is 24.9 Å². The topological polar surface area (TPSA) is 64.7 Å². The van der Waals surface area contributed by atoms with E-state index in [0.29, 0.717) is 6.61 Å². The first-order valence-corrected chi connectivity index (χ1v) is 11.6. The fourth-order valence-corrected chi connectivity index (χ4v) is 3.39. The molecule has 0 fully saturated rings. The number of nitrogens with zero attached hydrogens (tertiary/aromatic N) is 2. The molecule has 0 aliphatic carbocycles. The molecule has 0 spiro atoms. The number of nitro groups is 1. The molecule has 0 aromatic heterocycles. The Hall–Kier alpha value is -2.69. The number of nitro benzene ring substituents is 1. The van der Waals surface area contributed by atoms with Gasteiger partial charge in [0.1, 0.15) is 12.4 Å². The van der Waals surface area contributed by atoms with Crippen molar-refractivity contribution in [1.82, 2.24) is 0 Å². The number of unbranched alkanes of at least 4 members (excludes halogenated alkanes) is 9. The van der Waals surface area contributed by atoms with E-state index < -0.39 is 4.92 Å². The summed E-state index contributed by atoms with van der Waals surface area (Å²) in [5.74, 6) is 0.769. The van der Waals surface area contributed by atoms with Gasteiger partial charge >= 0.3 is 0 Å². The first kappa shape index (κ1) is 24.6. The van der Waals surface area contributed by atoms with Gasteiger partial charge in [-0.15, -0.1) is 0 Å². The number of benzene rings is 2. The number of ether oxygens (including phenoxy) is 1. The van der Waals surface area contributed by atoms with Crippen LogP contribution in [0.4, 0.5) is 5.69 Å². The third kappa shape index (κ3) is 10.8. The van der Waals surface area contributed by atoms with E-state index in [9.17, 15) is 10.1 Å². The number of non-ortho nitro benzene ring substituents is 1. The highest BCUT2D eigenvalue weighted by Gasteiger charge is 2.04. The molecule has 168 valence electrons. The van der Waals surface area contributed by atoms with Crippen molar-refractivity contribution in [2.24, 2.45) is 4.99 Å². The number of hydrogen-bond donors (Lipinski definition) is 0. The zero-order valence-corrected chi connectivity index (χ0v) is 18.8. The lowest BCUT2D eigenvalue weighted by Gasteiger charge is -2.06. The summed E-state index contributed by atoms with van der Waals surface area (Å²) < 4.78 is 5.75. The highest BCUT2D eigenvalue weighted by molar-refractivity contribution is 5.79. The molecule has 0 radical (unpaired) electrons. The largest absolute Gasteiger partial charge is 0.489 e. The predicted molar refractivity (Wildman–Crippen MR) is 128 cm³/mol. The molecular weight excluding hydrogens is 388 g/mol. The molecule has 0 atom stereocenters. The van der Waals surface area contributed by atoms with E-state index in [-0.39, 0.29) is 5.69 Å². The summed E-state index contributed by atoms with van der Waals surface area (Å²) in [6.07, 6.45) is 15.3. The monoisotopic (exact) mass is 424 g/mol. The maximum absolute atomic E-state index is 10.7. The number of aliphatic imine (C=N–C) groups is 1. The molecule has 0 aliphatic heterocycles. The Balaban J connectivity index is 1.56. The third-order valence-electron chi connectivity index (χ3n) is 5.31. The molecule has 0 saturated carbocycles. The van der Waals surface area contributed by atoms with Crippen molar-refractivity contribution in [2.75, 3.05) is 6.54 Å². The van der Waals surface area contributed by atoms with E-state index in [1.807, 2.05) is 30.5 Å². The van der Waals surface area contributed by atoms with Crippen LogP contribution >= 0.6 is 0 Å². The lowest BCUT2D eigenvalue weighted by molar-refractivity contribution is -0.384. The van der Waals surface area contributed by atoms with Crippen LogP contribution in [-0.4, -0.2) is 17.7 Å². The minimum atomic E-state index is -0.401. The summed E-state index contributed by atoms with van der Waals surface area (Å²) in [6.45, 7) is 3.53. The van der Waals surface area contributed by atoms with Crippen molar-refractivity contribution >= 4 is 11.9 Å². The molecule has 0 saturated heterocycles. The number of rotatable bonds is 16. The lowest BCUT2D eigenvalue weighted by atomic mass is 10.1. The van der Waals surface area contributed by atoms with Crippen LogP contribution in [0.3, 0.4) is 0 Å². The summed E-state index contributed by atoms with van der Waals surface area (Å²) in [5, 5.41) is 10.7. The smallest absolute Gasteiger partial charge is 0.269 e. The highest BCUT2D eigenvalue weighted by Crippen LogP contribution is 2.16. The third-order valence-corrected chi connectivity index (χ3v) is 5.31. The van der Waals surface area contributed by atoms with Gasteiger partial charge in [0.05, 0.1) is 4.92 Å². The van der Waals surface area contributed by atoms with Crippen LogP contribution in [0, 0.1) is 10.1 Å². The Morgan fingerprint density at radius 1 is 0.839 bits per heavy atom. The average Bonchev–Trinajstić information content (AvgIpc) is 2.79. The molecule has 0 heterocycles. The van der Waals surface area contributed by atoms with Crippen LogP contribution in [-0.2, 0) is 6.61 Å². The van der Waals surface area contributed by atoms with Gasteiger partial charge in [-0.05, 0) is 53.9 Å². The van der Waals surface area contributed by atoms with Crippen molar-refractivity contribution in [3.05, 3.63) is 69.8 Å². The van der Waals surface area contributed by atoms with E-state index in [2.05, 4.69) is 11.9 Å². The Kier molecular flexibility index (Phi) is 12.0. The zero-order valence-electron chi connectivity index (χ0n) is 18.8. The maximum atomic E-state index is 10.7. The first-order valence-electron chi connectivity index (χ1n) is 11.6. The van der Waals surface area contributed by atoms with Gasteiger partial charge < -0.3 is 4.74 Å². The second-order valence-corrected chi connectivity index (χ2v) is 8.00. The number of hydrogen-bond acceptors (Lipinski definition) is 4.